The number of hydrogen-bond donors (Lipinski definition) is 0. The molecule has 0 amide bonds. The number of para-hydroxylation sites is 1. The van der Waals surface area contributed by atoms with Gasteiger partial charge in [-0.3, -0.25) is 0 Å². The van der Waals surface area contributed by atoms with Crippen molar-refractivity contribution < 1.29 is 4.42 Å². The van der Waals surface area contributed by atoms with Gasteiger partial charge in [-0.05, 0) is 81.9 Å². The van der Waals surface area contributed by atoms with E-state index in [2.05, 4.69) is 133 Å². The molecular formula is C42H24OS2. The Balaban J connectivity index is 1.20. The smallest absolute Gasteiger partial charge is 0.135 e. The minimum Gasteiger partial charge on any atom is -0.456 e. The SMILES string of the molecule is c1cc(-c2ccc3oc4ccccc4c3c2)cc(-c2cccc3sc4cccc(-c5cccc6sc7ccccc7c56)c4c23)c1. The molecule has 0 aliphatic rings. The predicted molar refractivity (Wildman–Crippen MR) is 196 cm³/mol. The molecule has 45 heavy (non-hydrogen) atoms. The van der Waals surface area contributed by atoms with Crippen molar-refractivity contribution in [2.75, 3.05) is 0 Å². The van der Waals surface area contributed by atoms with E-state index in [0.717, 1.165) is 21.9 Å². The highest BCUT2D eigenvalue weighted by molar-refractivity contribution is 7.26. The van der Waals surface area contributed by atoms with Crippen molar-refractivity contribution in [3.05, 3.63) is 146 Å². The fraction of sp³-hybridized carbons (Fsp3) is 0. The summed E-state index contributed by atoms with van der Waals surface area (Å²) in [6, 6.07) is 53.0. The van der Waals surface area contributed by atoms with Crippen molar-refractivity contribution in [1.82, 2.24) is 0 Å². The normalized spacial score (nSPS) is 12.0. The number of benzene rings is 7. The molecule has 0 aliphatic heterocycles. The lowest BCUT2D eigenvalue weighted by molar-refractivity contribution is 0.669. The summed E-state index contributed by atoms with van der Waals surface area (Å²) in [4.78, 5) is 0. The topological polar surface area (TPSA) is 13.1 Å². The fourth-order valence-electron chi connectivity index (χ4n) is 7.10. The minimum absolute atomic E-state index is 0.923. The van der Waals surface area contributed by atoms with E-state index in [0.29, 0.717) is 0 Å². The van der Waals surface area contributed by atoms with Gasteiger partial charge in [-0.25, -0.2) is 0 Å². The Labute approximate surface area is 267 Å². The van der Waals surface area contributed by atoms with Gasteiger partial charge in [-0.2, -0.15) is 0 Å². The van der Waals surface area contributed by atoms with Crippen LogP contribution in [0.4, 0.5) is 0 Å². The van der Waals surface area contributed by atoms with Gasteiger partial charge >= 0.3 is 0 Å². The maximum absolute atomic E-state index is 6.11. The van der Waals surface area contributed by atoms with Crippen LogP contribution in [-0.2, 0) is 0 Å². The molecule has 0 saturated heterocycles. The first-order valence-electron chi connectivity index (χ1n) is 15.2. The molecule has 3 heteroatoms. The fourth-order valence-corrected chi connectivity index (χ4v) is 9.39. The molecule has 0 bridgehead atoms. The first-order valence-corrected chi connectivity index (χ1v) is 16.8. The van der Waals surface area contributed by atoms with Crippen LogP contribution < -0.4 is 0 Å². The Morgan fingerprint density at radius 2 is 0.889 bits per heavy atom. The third-order valence-electron chi connectivity index (χ3n) is 9.10. The zero-order valence-electron chi connectivity index (χ0n) is 24.1. The van der Waals surface area contributed by atoms with Crippen molar-refractivity contribution in [3.8, 4) is 33.4 Å². The van der Waals surface area contributed by atoms with Gasteiger partial charge < -0.3 is 4.42 Å². The van der Waals surface area contributed by atoms with Crippen molar-refractivity contribution in [3.63, 3.8) is 0 Å². The largest absolute Gasteiger partial charge is 0.456 e. The van der Waals surface area contributed by atoms with E-state index in [1.807, 2.05) is 34.8 Å². The molecule has 0 spiro atoms. The molecule has 0 N–H and O–H groups in total. The van der Waals surface area contributed by atoms with Crippen LogP contribution in [0.3, 0.4) is 0 Å². The lowest BCUT2D eigenvalue weighted by atomic mass is 9.92. The van der Waals surface area contributed by atoms with Crippen LogP contribution >= 0.6 is 22.7 Å². The molecule has 10 aromatic rings. The van der Waals surface area contributed by atoms with Crippen molar-refractivity contribution in [1.29, 1.82) is 0 Å². The molecule has 210 valence electrons. The highest BCUT2D eigenvalue weighted by atomic mass is 32.1. The Hall–Kier alpha value is -5.22. The molecule has 0 fully saturated rings. The van der Waals surface area contributed by atoms with Crippen LogP contribution in [0, 0.1) is 0 Å². The van der Waals surface area contributed by atoms with Crippen LogP contribution in [-0.4, -0.2) is 0 Å². The van der Waals surface area contributed by atoms with Crippen molar-refractivity contribution in [2.45, 2.75) is 0 Å². The standard InChI is InChI=1S/C42H24OS2/c1-3-16-34-29(11-1)33-24-26(21-22-35(33)43-34)25-9-5-10-27(23-25)28-13-6-19-38-41(28)42-31(15-8-20-39(42)45-38)30-14-7-18-37-40(30)32-12-2-4-17-36(32)44-37/h1-24H. The molecule has 3 aromatic heterocycles. The molecule has 7 aromatic carbocycles. The van der Waals surface area contributed by atoms with Crippen LogP contribution in [0.1, 0.15) is 0 Å². The predicted octanol–water partition coefficient (Wildman–Crippen LogP) is 13.3. The van der Waals surface area contributed by atoms with Gasteiger partial charge in [-0.1, -0.05) is 97.1 Å². The first-order chi connectivity index (χ1) is 22.3. The van der Waals surface area contributed by atoms with Crippen molar-refractivity contribution >= 4 is 85.0 Å². The Kier molecular flexibility index (Phi) is 5.39. The summed E-state index contributed by atoms with van der Waals surface area (Å²) in [5, 5.41) is 7.66. The maximum atomic E-state index is 6.11. The summed E-state index contributed by atoms with van der Waals surface area (Å²) in [7, 11) is 0. The second kappa shape index (κ2) is 9.64. The van der Waals surface area contributed by atoms with E-state index < -0.39 is 0 Å². The molecule has 1 nitrogen and oxygen atoms in total. The van der Waals surface area contributed by atoms with E-state index in [1.165, 1.54) is 73.7 Å². The average molecular weight is 609 g/mol. The quantitative estimate of drug-likeness (QED) is 0.194. The van der Waals surface area contributed by atoms with Gasteiger partial charge in [0.15, 0.2) is 0 Å². The first kappa shape index (κ1) is 25.1. The van der Waals surface area contributed by atoms with E-state index in [-0.39, 0.29) is 0 Å². The summed E-state index contributed by atoms with van der Waals surface area (Å²) in [6.07, 6.45) is 0. The van der Waals surface area contributed by atoms with E-state index in [1.54, 1.807) is 0 Å². The van der Waals surface area contributed by atoms with E-state index >= 15 is 0 Å². The summed E-state index contributed by atoms with van der Waals surface area (Å²) < 4.78 is 11.4. The molecule has 0 unspecified atom stereocenters. The van der Waals surface area contributed by atoms with Gasteiger partial charge in [0.2, 0.25) is 0 Å². The van der Waals surface area contributed by atoms with Crippen LogP contribution in [0.15, 0.2) is 150 Å². The van der Waals surface area contributed by atoms with E-state index in [9.17, 15) is 0 Å². The Bertz CT molecular complexity index is 2770. The third-order valence-corrected chi connectivity index (χ3v) is 11.4. The number of furan rings is 1. The molecule has 0 atom stereocenters. The van der Waals surface area contributed by atoms with Crippen LogP contribution in [0.2, 0.25) is 0 Å². The van der Waals surface area contributed by atoms with Crippen molar-refractivity contribution in [2.24, 2.45) is 0 Å². The molecule has 10 rings (SSSR count). The maximum Gasteiger partial charge on any atom is 0.135 e. The summed E-state index contributed by atoms with van der Waals surface area (Å²) in [6.45, 7) is 0. The second-order valence-electron chi connectivity index (χ2n) is 11.6. The lowest BCUT2D eigenvalue weighted by Crippen LogP contribution is -1.85. The second-order valence-corrected chi connectivity index (χ2v) is 13.8. The van der Waals surface area contributed by atoms with Crippen LogP contribution in [0.25, 0.3) is 95.7 Å². The Morgan fingerprint density at radius 3 is 1.73 bits per heavy atom. The molecule has 3 heterocycles. The van der Waals surface area contributed by atoms with E-state index in [4.69, 9.17) is 4.42 Å². The number of rotatable bonds is 3. The summed E-state index contributed by atoms with van der Waals surface area (Å²) in [5.41, 5.74) is 9.34. The number of fused-ring (bicyclic) bond motifs is 9. The zero-order valence-corrected chi connectivity index (χ0v) is 25.7. The summed E-state index contributed by atoms with van der Waals surface area (Å²) in [5.74, 6) is 0. The molecule has 0 saturated carbocycles. The third kappa shape index (κ3) is 3.78. The monoisotopic (exact) mass is 608 g/mol. The summed E-state index contributed by atoms with van der Waals surface area (Å²) >= 11 is 3.77. The molecule has 0 aliphatic carbocycles. The van der Waals surface area contributed by atoms with Gasteiger partial charge in [-0.15, -0.1) is 22.7 Å². The average Bonchev–Trinajstić information content (AvgIpc) is 3.79. The van der Waals surface area contributed by atoms with Crippen LogP contribution in [0.5, 0.6) is 0 Å². The van der Waals surface area contributed by atoms with Gasteiger partial charge in [0.05, 0.1) is 0 Å². The number of thiophene rings is 2. The van der Waals surface area contributed by atoms with Gasteiger partial charge in [0.1, 0.15) is 11.2 Å². The Morgan fingerprint density at radius 1 is 0.333 bits per heavy atom. The number of hydrogen-bond acceptors (Lipinski definition) is 3. The molecular weight excluding hydrogens is 585 g/mol. The van der Waals surface area contributed by atoms with Gasteiger partial charge in [0.25, 0.3) is 0 Å². The highest BCUT2D eigenvalue weighted by Crippen LogP contribution is 2.47. The highest BCUT2D eigenvalue weighted by Gasteiger charge is 2.18. The molecule has 0 radical (unpaired) electrons. The minimum atomic E-state index is 0.923. The van der Waals surface area contributed by atoms with Gasteiger partial charge in [0, 0.05) is 51.1 Å². The zero-order chi connectivity index (χ0) is 29.5. The lowest BCUT2D eigenvalue weighted by Gasteiger charge is -2.11.